The second kappa shape index (κ2) is 37.8. The predicted molar refractivity (Wildman–Crippen MR) is 211 cm³/mol. The largest absolute Gasteiger partial charge is 2.00 e. The normalized spacial score (nSPS) is 9.38. The number of pyridine rings is 1. The molecule has 266 valence electrons. The maximum absolute atomic E-state index is 4.50. The fraction of sp³-hybridized carbons (Fsp3) is 0.558. The molecule has 0 fully saturated rings. The second-order valence-corrected chi connectivity index (χ2v) is 13.1. The van der Waals surface area contributed by atoms with Crippen LogP contribution in [0.2, 0.25) is 6.82 Å². The van der Waals surface area contributed by atoms with E-state index in [4.69, 9.17) is 0 Å². The van der Waals surface area contributed by atoms with Crippen LogP contribution >= 0.6 is 0 Å². The van der Waals surface area contributed by atoms with Gasteiger partial charge >= 0.3 is 42.1 Å². The molecule has 2 aromatic carbocycles. The molecule has 0 aliphatic rings. The van der Waals surface area contributed by atoms with Crippen LogP contribution in [0.4, 0.5) is 0 Å². The van der Waals surface area contributed by atoms with E-state index in [2.05, 4.69) is 132 Å². The van der Waals surface area contributed by atoms with Crippen molar-refractivity contribution >= 4 is 7.85 Å². The van der Waals surface area contributed by atoms with Gasteiger partial charge < -0.3 is 17.8 Å². The summed E-state index contributed by atoms with van der Waals surface area (Å²) in [4.78, 5) is 4.12. The van der Waals surface area contributed by atoms with Gasteiger partial charge in [0.15, 0.2) is 0 Å². The smallest absolute Gasteiger partial charge is 0.390 e. The first-order valence-corrected chi connectivity index (χ1v) is 16.9. The van der Waals surface area contributed by atoms with E-state index in [-0.39, 0.29) is 58.4 Å². The van der Waals surface area contributed by atoms with Crippen molar-refractivity contribution in [3.8, 4) is 0 Å². The van der Waals surface area contributed by atoms with E-state index in [1.54, 1.807) is 0 Å². The molecule has 0 spiro atoms. The molecule has 2 radical (unpaired) electrons. The minimum atomic E-state index is 0. The fourth-order valence-corrected chi connectivity index (χ4v) is 2.96. The summed E-state index contributed by atoms with van der Waals surface area (Å²) in [6.07, 6.45) is 6.82. The zero-order valence-electron chi connectivity index (χ0n) is 34.4. The summed E-state index contributed by atoms with van der Waals surface area (Å²) in [6, 6.07) is 25.9. The molecule has 0 amide bonds. The SMILES string of the molecule is CC.CC.CC(C)(C)c1ccc[c-]n1.CC(C)(C)c1cccc(C(C)(C)C)c1.CC(C)c1c[c-]ccc1.C[CH-]C.C[CH-]C.[B]C.[W+2].[W+2]. The molecular formula is C43H74BNW2. The summed E-state index contributed by atoms with van der Waals surface area (Å²) in [7, 11) is 4.50. The van der Waals surface area contributed by atoms with Gasteiger partial charge in [0.2, 0.25) is 0 Å². The summed E-state index contributed by atoms with van der Waals surface area (Å²) >= 11 is 0. The Labute approximate surface area is 327 Å². The van der Waals surface area contributed by atoms with Crippen molar-refractivity contribution in [3.63, 3.8) is 0 Å². The van der Waals surface area contributed by atoms with Gasteiger partial charge in [-0.05, 0) is 27.4 Å². The predicted octanol–water partition coefficient (Wildman–Crippen LogP) is 13.8. The number of hydrogen-bond donors (Lipinski definition) is 0. The molecule has 0 saturated carbocycles. The van der Waals surface area contributed by atoms with E-state index >= 15 is 0 Å². The van der Waals surface area contributed by atoms with Gasteiger partial charge in [0, 0.05) is 0 Å². The first-order chi connectivity index (χ1) is 20.9. The molecule has 0 atom stereocenters. The summed E-state index contributed by atoms with van der Waals surface area (Å²) < 4.78 is 0. The van der Waals surface area contributed by atoms with Crippen LogP contribution in [0, 0.1) is 25.1 Å². The molecule has 1 aromatic heterocycles. The third-order valence-corrected chi connectivity index (χ3v) is 5.37. The Morgan fingerprint density at radius 3 is 1.21 bits per heavy atom. The number of nitrogens with zero attached hydrogens (tertiary/aromatic N) is 1. The van der Waals surface area contributed by atoms with Gasteiger partial charge in [-0.2, -0.15) is 81.8 Å². The van der Waals surface area contributed by atoms with E-state index in [0.717, 1.165) is 5.69 Å². The van der Waals surface area contributed by atoms with Crippen LogP contribution in [-0.4, -0.2) is 12.8 Å². The van der Waals surface area contributed by atoms with Crippen molar-refractivity contribution in [2.75, 3.05) is 0 Å². The summed E-state index contributed by atoms with van der Waals surface area (Å²) in [5.74, 6) is 0.627. The summed E-state index contributed by atoms with van der Waals surface area (Å²) in [5.41, 5.74) is 5.95. The van der Waals surface area contributed by atoms with Crippen molar-refractivity contribution in [2.24, 2.45) is 0 Å². The van der Waals surface area contributed by atoms with Crippen molar-refractivity contribution in [3.05, 3.63) is 114 Å². The Kier molecular flexibility index (Phi) is 49.3. The standard InChI is InChI=1S/C14H22.C9H12N.C9H11.2C3H7.2C2H6.CH3B.2W/c1-13(2,3)11-8-7-9-12(10-11)14(4,5)6;1-9(2,3)8-6-4-5-7-10-8;1-8(2)9-6-4-3-5-7-9;2*1-3-2;3*1-2;;/h7-10H,1-6H3;4-6H,1-3H3;3-4,6-8H,1-2H3;2*3H,1-2H3;2*1-2H3;1H3;;/q;4*-1;;;;2*+2. The van der Waals surface area contributed by atoms with Crippen LogP contribution in [0.1, 0.15) is 160 Å². The van der Waals surface area contributed by atoms with Gasteiger partial charge in [-0.3, -0.25) is 0 Å². The molecule has 0 N–H and O–H groups in total. The third kappa shape index (κ3) is 37.7. The van der Waals surface area contributed by atoms with Crippen molar-refractivity contribution in [1.82, 2.24) is 4.98 Å². The first-order valence-electron chi connectivity index (χ1n) is 16.9. The van der Waals surface area contributed by atoms with Crippen molar-refractivity contribution < 1.29 is 42.1 Å². The monoisotopic (exact) mass is 983 g/mol. The molecule has 0 bridgehead atoms. The minimum absolute atomic E-state index is 0. The fourth-order valence-electron chi connectivity index (χ4n) is 2.96. The van der Waals surface area contributed by atoms with E-state index in [1.165, 1.54) is 23.5 Å². The zero-order valence-corrected chi connectivity index (χ0v) is 40.3. The molecule has 0 unspecified atom stereocenters. The van der Waals surface area contributed by atoms with E-state index in [9.17, 15) is 0 Å². The Hall–Kier alpha value is -0.968. The number of rotatable bonds is 1. The minimum Gasteiger partial charge on any atom is -0.390 e. The van der Waals surface area contributed by atoms with Gasteiger partial charge in [0.05, 0.1) is 7.85 Å². The first kappa shape index (κ1) is 61.3. The Bertz CT molecular complexity index is 937. The van der Waals surface area contributed by atoms with Crippen LogP contribution in [0.25, 0.3) is 0 Å². The second-order valence-electron chi connectivity index (χ2n) is 13.1. The molecule has 0 aliphatic heterocycles. The molecule has 1 nitrogen and oxygen atoms in total. The number of aromatic nitrogens is 1. The van der Waals surface area contributed by atoms with Crippen LogP contribution in [0.3, 0.4) is 0 Å². The summed E-state index contributed by atoms with van der Waals surface area (Å²) in [5, 5.41) is 0. The van der Waals surface area contributed by atoms with Crippen molar-refractivity contribution in [1.29, 1.82) is 0 Å². The Morgan fingerprint density at radius 2 is 1.00 bits per heavy atom. The average Bonchev–Trinajstić information content (AvgIpc) is 3.01. The van der Waals surface area contributed by atoms with Gasteiger partial charge in [-0.25, -0.2) is 0 Å². The average molecular weight is 984 g/mol. The van der Waals surface area contributed by atoms with Gasteiger partial charge in [0.25, 0.3) is 0 Å². The number of benzene rings is 2. The molecule has 1 heterocycles. The maximum Gasteiger partial charge on any atom is 2.00 e. The molecule has 3 aromatic rings. The molecular weight excluding hydrogens is 909 g/mol. The van der Waals surface area contributed by atoms with E-state index < -0.39 is 0 Å². The third-order valence-electron chi connectivity index (χ3n) is 5.37. The van der Waals surface area contributed by atoms with Crippen LogP contribution in [0.15, 0.2) is 66.7 Å². The van der Waals surface area contributed by atoms with Gasteiger partial charge in [-0.1, -0.05) is 153 Å². The molecule has 47 heavy (non-hydrogen) atoms. The van der Waals surface area contributed by atoms with Crippen LogP contribution in [-0.2, 0) is 58.4 Å². The zero-order chi connectivity index (χ0) is 36.7. The van der Waals surface area contributed by atoms with Crippen LogP contribution < -0.4 is 0 Å². The van der Waals surface area contributed by atoms with Gasteiger partial charge in [0.1, 0.15) is 0 Å². The Morgan fingerprint density at radius 1 is 0.617 bits per heavy atom. The maximum atomic E-state index is 4.50. The topological polar surface area (TPSA) is 12.9 Å². The number of hydrogen-bond acceptors (Lipinski definition) is 1. The molecule has 4 heteroatoms. The van der Waals surface area contributed by atoms with Gasteiger partial charge in [-0.15, -0.1) is 0 Å². The van der Waals surface area contributed by atoms with Crippen molar-refractivity contribution in [2.45, 2.75) is 161 Å². The molecule has 0 aliphatic carbocycles. The molecule has 0 saturated heterocycles. The summed E-state index contributed by atoms with van der Waals surface area (Å²) in [6.45, 7) is 41.8. The van der Waals surface area contributed by atoms with Crippen LogP contribution in [0.5, 0.6) is 0 Å². The van der Waals surface area contributed by atoms with E-state index in [0.29, 0.717) is 5.92 Å². The quantitative estimate of drug-likeness (QED) is 0.175. The Balaban J connectivity index is -0.0000000871. The molecule has 3 rings (SSSR count). The van der Waals surface area contributed by atoms with E-state index in [1.807, 2.05) is 105 Å².